The molecular formula is C21H17Br2NO3. The summed E-state index contributed by atoms with van der Waals surface area (Å²) in [6.07, 6.45) is 0. The molecule has 0 atom stereocenters. The number of ether oxygens (including phenoxy) is 2. The molecule has 4 nitrogen and oxygen atoms in total. The zero-order valence-corrected chi connectivity index (χ0v) is 17.5. The van der Waals surface area contributed by atoms with E-state index in [-0.39, 0.29) is 12.5 Å². The summed E-state index contributed by atoms with van der Waals surface area (Å²) >= 11 is 6.78. The highest BCUT2D eigenvalue weighted by Crippen LogP contribution is 2.28. The van der Waals surface area contributed by atoms with Crippen LogP contribution in [0.2, 0.25) is 0 Å². The number of halogens is 2. The second kappa shape index (κ2) is 9.58. The Morgan fingerprint density at radius 1 is 0.889 bits per heavy atom. The van der Waals surface area contributed by atoms with E-state index in [9.17, 15) is 4.79 Å². The lowest BCUT2D eigenvalue weighted by atomic mass is 10.2. The second-order valence-corrected chi connectivity index (χ2v) is 7.48. The van der Waals surface area contributed by atoms with Crippen molar-refractivity contribution in [2.24, 2.45) is 0 Å². The van der Waals surface area contributed by atoms with Gasteiger partial charge in [0.05, 0.1) is 4.47 Å². The lowest BCUT2D eigenvalue weighted by Gasteiger charge is -2.11. The van der Waals surface area contributed by atoms with Gasteiger partial charge in [0, 0.05) is 16.2 Å². The van der Waals surface area contributed by atoms with Crippen LogP contribution in [0.3, 0.4) is 0 Å². The third-order valence-corrected chi connectivity index (χ3v) is 4.73. The molecule has 0 bridgehead atoms. The van der Waals surface area contributed by atoms with Crippen molar-refractivity contribution >= 4 is 43.5 Å². The maximum absolute atomic E-state index is 12.2. The Morgan fingerprint density at radius 3 is 2.48 bits per heavy atom. The van der Waals surface area contributed by atoms with Crippen molar-refractivity contribution in [1.29, 1.82) is 0 Å². The van der Waals surface area contributed by atoms with Crippen molar-refractivity contribution in [2.45, 2.75) is 6.61 Å². The van der Waals surface area contributed by atoms with Gasteiger partial charge in [0.2, 0.25) is 0 Å². The molecule has 3 rings (SSSR count). The molecule has 0 radical (unpaired) electrons. The van der Waals surface area contributed by atoms with Crippen molar-refractivity contribution in [2.75, 3.05) is 11.9 Å². The SMILES string of the molecule is O=C(COc1ccc(Br)cc1Br)Nc1cccc(OCc2ccccc2)c1. The molecule has 0 aliphatic heterocycles. The van der Waals surface area contributed by atoms with Crippen LogP contribution in [0.5, 0.6) is 11.5 Å². The van der Waals surface area contributed by atoms with Crippen LogP contribution in [0.1, 0.15) is 5.56 Å². The highest BCUT2D eigenvalue weighted by atomic mass is 79.9. The van der Waals surface area contributed by atoms with Crippen LogP contribution < -0.4 is 14.8 Å². The smallest absolute Gasteiger partial charge is 0.262 e. The molecule has 0 aliphatic rings. The Labute approximate surface area is 174 Å². The van der Waals surface area contributed by atoms with E-state index in [1.807, 2.05) is 60.7 Å². The third-order valence-electron chi connectivity index (χ3n) is 3.62. The fourth-order valence-electron chi connectivity index (χ4n) is 2.34. The number of anilines is 1. The van der Waals surface area contributed by atoms with Gasteiger partial charge < -0.3 is 14.8 Å². The van der Waals surface area contributed by atoms with Crippen LogP contribution in [-0.4, -0.2) is 12.5 Å². The standard InChI is InChI=1S/C21H17Br2NO3/c22-16-9-10-20(19(23)11-16)27-14-21(25)24-17-7-4-8-18(12-17)26-13-15-5-2-1-3-6-15/h1-12H,13-14H2,(H,24,25). The minimum absolute atomic E-state index is 0.0880. The van der Waals surface area contributed by atoms with Gasteiger partial charge in [-0.1, -0.05) is 52.3 Å². The highest BCUT2D eigenvalue weighted by molar-refractivity contribution is 9.11. The molecule has 1 amide bonds. The van der Waals surface area contributed by atoms with Gasteiger partial charge in [0.15, 0.2) is 6.61 Å². The molecule has 0 fully saturated rings. The van der Waals surface area contributed by atoms with E-state index >= 15 is 0 Å². The van der Waals surface area contributed by atoms with Gasteiger partial charge in [-0.25, -0.2) is 0 Å². The summed E-state index contributed by atoms with van der Waals surface area (Å²) in [6.45, 7) is 0.383. The van der Waals surface area contributed by atoms with Gasteiger partial charge in [-0.2, -0.15) is 0 Å². The summed E-state index contributed by atoms with van der Waals surface area (Å²) in [5.74, 6) is 1.05. The Hall–Kier alpha value is -2.31. The molecule has 0 saturated carbocycles. The number of benzene rings is 3. The first-order valence-corrected chi connectivity index (χ1v) is 9.83. The van der Waals surface area contributed by atoms with E-state index in [2.05, 4.69) is 37.2 Å². The zero-order valence-electron chi connectivity index (χ0n) is 14.3. The summed E-state index contributed by atoms with van der Waals surface area (Å²) < 4.78 is 13.0. The number of amides is 1. The topological polar surface area (TPSA) is 47.6 Å². The monoisotopic (exact) mass is 489 g/mol. The van der Waals surface area contributed by atoms with Crippen LogP contribution in [0.4, 0.5) is 5.69 Å². The summed E-state index contributed by atoms with van der Waals surface area (Å²) in [6, 6.07) is 22.7. The lowest BCUT2D eigenvalue weighted by molar-refractivity contribution is -0.118. The molecule has 0 unspecified atom stereocenters. The van der Waals surface area contributed by atoms with Crippen LogP contribution >= 0.6 is 31.9 Å². The number of carbonyl (C=O) groups is 1. The molecular weight excluding hydrogens is 474 g/mol. The minimum Gasteiger partial charge on any atom is -0.489 e. The van der Waals surface area contributed by atoms with Crippen molar-refractivity contribution < 1.29 is 14.3 Å². The summed E-state index contributed by atoms with van der Waals surface area (Å²) in [5, 5.41) is 2.81. The quantitative estimate of drug-likeness (QED) is 0.454. The van der Waals surface area contributed by atoms with Gasteiger partial charge in [0.25, 0.3) is 5.91 Å². The first-order chi connectivity index (χ1) is 13.1. The fourth-order valence-corrected chi connectivity index (χ4v) is 3.50. The van der Waals surface area contributed by atoms with Gasteiger partial charge in [-0.15, -0.1) is 0 Å². The predicted octanol–water partition coefficient (Wildman–Crippen LogP) is 5.81. The molecule has 138 valence electrons. The first-order valence-electron chi connectivity index (χ1n) is 8.24. The maximum atomic E-state index is 12.2. The maximum Gasteiger partial charge on any atom is 0.262 e. The predicted molar refractivity (Wildman–Crippen MR) is 113 cm³/mol. The van der Waals surface area contributed by atoms with Gasteiger partial charge in [0.1, 0.15) is 18.1 Å². The van der Waals surface area contributed by atoms with Crippen LogP contribution in [0.25, 0.3) is 0 Å². The summed E-state index contributed by atoms with van der Waals surface area (Å²) in [5.41, 5.74) is 1.74. The van der Waals surface area contributed by atoms with E-state index in [4.69, 9.17) is 9.47 Å². The normalized spacial score (nSPS) is 10.3. The van der Waals surface area contributed by atoms with E-state index in [1.54, 1.807) is 12.1 Å². The molecule has 3 aromatic rings. The molecule has 0 heterocycles. The number of rotatable bonds is 7. The second-order valence-electron chi connectivity index (χ2n) is 5.71. The molecule has 6 heteroatoms. The van der Waals surface area contributed by atoms with Crippen molar-refractivity contribution in [1.82, 2.24) is 0 Å². The first kappa shape index (κ1) is 19.5. The average molecular weight is 491 g/mol. The molecule has 3 aromatic carbocycles. The Bertz CT molecular complexity index is 916. The number of hydrogen-bond donors (Lipinski definition) is 1. The van der Waals surface area contributed by atoms with Crippen LogP contribution in [0.15, 0.2) is 81.7 Å². The largest absolute Gasteiger partial charge is 0.489 e. The van der Waals surface area contributed by atoms with Crippen LogP contribution in [-0.2, 0) is 11.4 Å². The van der Waals surface area contributed by atoms with Crippen molar-refractivity contribution in [3.8, 4) is 11.5 Å². The number of carbonyl (C=O) groups excluding carboxylic acids is 1. The van der Waals surface area contributed by atoms with E-state index in [0.29, 0.717) is 23.8 Å². The average Bonchev–Trinajstić information content (AvgIpc) is 2.67. The minimum atomic E-state index is -0.245. The Morgan fingerprint density at radius 2 is 1.70 bits per heavy atom. The van der Waals surface area contributed by atoms with Gasteiger partial charge >= 0.3 is 0 Å². The Balaban J connectivity index is 1.53. The van der Waals surface area contributed by atoms with E-state index in [1.165, 1.54) is 0 Å². The van der Waals surface area contributed by atoms with Crippen molar-refractivity contribution in [3.05, 3.63) is 87.3 Å². The van der Waals surface area contributed by atoms with E-state index in [0.717, 1.165) is 14.5 Å². The van der Waals surface area contributed by atoms with Crippen molar-refractivity contribution in [3.63, 3.8) is 0 Å². The van der Waals surface area contributed by atoms with Gasteiger partial charge in [-0.05, 0) is 51.8 Å². The molecule has 27 heavy (non-hydrogen) atoms. The Kier molecular flexibility index (Phi) is 6.90. The molecule has 1 N–H and O–H groups in total. The van der Waals surface area contributed by atoms with Crippen LogP contribution in [0, 0.1) is 0 Å². The molecule has 0 saturated heterocycles. The summed E-state index contributed by atoms with van der Waals surface area (Å²) in [7, 11) is 0. The van der Waals surface area contributed by atoms with Gasteiger partial charge in [-0.3, -0.25) is 4.79 Å². The molecule has 0 aromatic heterocycles. The third kappa shape index (κ3) is 6.12. The zero-order chi connectivity index (χ0) is 19.1. The number of hydrogen-bond acceptors (Lipinski definition) is 3. The summed E-state index contributed by atoms with van der Waals surface area (Å²) in [4.78, 5) is 12.2. The fraction of sp³-hybridized carbons (Fsp3) is 0.0952. The molecule has 0 aliphatic carbocycles. The highest BCUT2D eigenvalue weighted by Gasteiger charge is 2.07. The lowest BCUT2D eigenvalue weighted by Crippen LogP contribution is -2.20. The van der Waals surface area contributed by atoms with E-state index < -0.39 is 0 Å². The number of nitrogens with one attached hydrogen (secondary N) is 1. The molecule has 0 spiro atoms.